The summed E-state index contributed by atoms with van der Waals surface area (Å²) in [5, 5.41) is 3.43. The van der Waals surface area contributed by atoms with Gasteiger partial charge in [-0.1, -0.05) is 0 Å². The summed E-state index contributed by atoms with van der Waals surface area (Å²) in [6, 6.07) is 0. The maximum absolute atomic E-state index is 12.1. The highest BCUT2D eigenvalue weighted by molar-refractivity contribution is 5.26. The highest BCUT2D eigenvalue weighted by Crippen LogP contribution is 2.35. The number of halogens is 3. The average molecular weight is 180 g/mol. The molecule has 0 radical (unpaired) electrons. The lowest BCUT2D eigenvalue weighted by molar-refractivity contribution is -0.138. The summed E-state index contributed by atoms with van der Waals surface area (Å²) in [6.07, 6.45) is -3.67. The topological polar surface area (TPSA) is 27.1 Å². The first-order valence-electron chi connectivity index (χ1n) is 3.10. The van der Waals surface area contributed by atoms with Crippen molar-refractivity contribution in [2.45, 2.75) is 6.18 Å². The molecule has 1 heterocycles. The number of hydrogen-bond acceptors (Lipinski definition) is 2. The second-order valence-electron chi connectivity index (χ2n) is 2.19. The van der Waals surface area contributed by atoms with Crippen LogP contribution in [0.4, 0.5) is 13.2 Å². The molecule has 0 atom stereocenters. The maximum Gasteiger partial charge on any atom is 0.423 e. The number of alkyl halides is 3. The fourth-order valence-electron chi connectivity index (χ4n) is 0.863. The van der Waals surface area contributed by atoms with Crippen LogP contribution in [0.25, 0.3) is 0 Å². The molecule has 0 aliphatic carbocycles. The molecule has 0 saturated carbocycles. The third-order valence-electron chi connectivity index (χ3n) is 1.38. The Bertz CT molecular complexity index is 279. The van der Waals surface area contributed by atoms with Crippen molar-refractivity contribution in [2.75, 3.05) is 7.11 Å². The molecule has 1 rings (SSSR count). The number of ether oxygens (including phenoxy) is 1. The van der Waals surface area contributed by atoms with Gasteiger partial charge in [-0.25, -0.2) is 4.68 Å². The lowest BCUT2D eigenvalue weighted by atomic mass is 10.3. The van der Waals surface area contributed by atoms with Crippen LogP contribution < -0.4 is 4.74 Å². The number of aryl methyl sites for hydroxylation is 1. The zero-order chi connectivity index (χ0) is 9.35. The van der Waals surface area contributed by atoms with Gasteiger partial charge in [0.2, 0.25) is 5.88 Å². The van der Waals surface area contributed by atoms with Crippen LogP contribution in [0.5, 0.6) is 5.88 Å². The van der Waals surface area contributed by atoms with Crippen LogP contribution in [0.3, 0.4) is 0 Å². The van der Waals surface area contributed by atoms with Crippen LogP contribution in [0.1, 0.15) is 5.56 Å². The predicted molar refractivity (Wildman–Crippen MR) is 34.8 cm³/mol. The monoisotopic (exact) mass is 180 g/mol. The predicted octanol–water partition coefficient (Wildman–Crippen LogP) is 1.45. The van der Waals surface area contributed by atoms with Crippen LogP contribution in [0.2, 0.25) is 0 Å². The molecule has 0 saturated heterocycles. The van der Waals surface area contributed by atoms with Gasteiger partial charge in [0.25, 0.3) is 0 Å². The van der Waals surface area contributed by atoms with E-state index in [9.17, 15) is 13.2 Å². The lowest BCUT2D eigenvalue weighted by Gasteiger charge is -2.06. The molecule has 1 aromatic heterocycles. The highest BCUT2D eigenvalue weighted by atomic mass is 19.4. The van der Waals surface area contributed by atoms with Crippen molar-refractivity contribution in [3.05, 3.63) is 11.8 Å². The number of aromatic nitrogens is 2. The molecule has 0 aliphatic heterocycles. The first kappa shape index (κ1) is 8.89. The minimum atomic E-state index is -4.40. The summed E-state index contributed by atoms with van der Waals surface area (Å²) >= 11 is 0. The number of methoxy groups -OCH3 is 1. The van der Waals surface area contributed by atoms with Crippen molar-refractivity contribution in [2.24, 2.45) is 7.05 Å². The Morgan fingerprint density at radius 2 is 2.08 bits per heavy atom. The summed E-state index contributed by atoms with van der Waals surface area (Å²) in [4.78, 5) is 0. The van der Waals surface area contributed by atoms with E-state index in [2.05, 4.69) is 9.84 Å². The summed E-state index contributed by atoms with van der Waals surface area (Å²) < 4.78 is 41.9. The van der Waals surface area contributed by atoms with Gasteiger partial charge < -0.3 is 4.74 Å². The molecular formula is C6H7F3N2O. The van der Waals surface area contributed by atoms with E-state index in [-0.39, 0.29) is 5.88 Å². The summed E-state index contributed by atoms with van der Waals surface area (Å²) in [5.41, 5.74) is -0.854. The van der Waals surface area contributed by atoms with Gasteiger partial charge in [-0.05, 0) is 0 Å². The maximum atomic E-state index is 12.1. The van der Waals surface area contributed by atoms with Crippen LogP contribution in [0, 0.1) is 0 Å². The summed E-state index contributed by atoms with van der Waals surface area (Å²) in [5.74, 6) is -0.275. The Hall–Kier alpha value is -1.20. The normalized spacial score (nSPS) is 11.8. The van der Waals surface area contributed by atoms with E-state index in [4.69, 9.17) is 0 Å². The minimum absolute atomic E-state index is 0.275. The van der Waals surface area contributed by atoms with E-state index in [0.717, 1.165) is 10.9 Å². The van der Waals surface area contributed by atoms with Gasteiger partial charge in [0.15, 0.2) is 0 Å². The lowest BCUT2D eigenvalue weighted by Crippen LogP contribution is -2.06. The molecule has 0 amide bonds. The minimum Gasteiger partial charge on any atom is -0.481 e. The van der Waals surface area contributed by atoms with Gasteiger partial charge in [0, 0.05) is 7.05 Å². The molecule has 6 heteroatoms. The molecule has 0 unspecified atom stereocenters. The molecule has 0 aromatic carbocycles. The Morgan fingerprint density at radius 1 is 1.50 bits per heavy atom. The SMILES string of the molecule is COc1c(C(F)(F)F)cnn1C. The van der Waals surface area contributed by atoms with E-state index < -0.39 is 11.7 Å². The zero-order valence-electron chi connectivity index (χ0n) is 6.51. The van der Waals surface area contributed by atoms with E-state index >= 15 is 0 Å². The fraction of sp³-hybridized carbons (Fsp3) is 0.500. The van der Waals surface area contributed by atoms with Crippen molar-refractivity contribution in [1.29, 1.82) is 0 Å². The molecule has 0 bridgehead atoms. The molecule has 0 aliphatic rings. The van der Waals surface area contributed by atoms with E-state index in [0.29, 0.717) is 0 Å². The standard InChI is InChI=1S/C6H7F3N2O/c1-11-5(12-2)4(3-10-11)6(7,8)9/h3H,1-2H3. The number of nitrogens with zero attached hydrogens (tertiary/aromatic N) is 2. The van der Waals surface area contributed by atoms with Crippen molar-refractivity contribution < 1.29 is 17.9 Å². The first-order valence-corrected chi connectivity index (χ1v) is 3.10. The van der Waals surface area contributed by atoms with Gasteiger partial charge in [0.05, 0.1) is 13.3 Å². The fourth-order valence-corrected chi connectivity index (χ4v) is 0.863. The third-order valence-corrected chi connectivity index (χ3v) is 1.38. The van der Waals surface area contributed by atoms with Crippen LogP contribution >= 0.6 is 0 Å². The van der Waals surface area contributed by atoms with Gasteiger partial charge in [-0.2, -0.15) is 18.3 Å². The van der Waals surface area contributed by atoms with E-state index in [1.807, 2.05) is 0 Å². The largest absolute Gasteiger partial charge is 0.481 e. The Balaban J connectivity index is 3.16. The van der Waals surface area contributed by atoms with Crippen molar-refractivity contribution in [3.63, 3.8) is 0 Å². The van der Waals surface area contributed by atoms with Gasteiger partial charge in [-0.15, -0.1) is 0 Å². The smallest absolute Gasteiger partial charge is 0.423 e. The quantitative estimate of drug-likeness (QED) is 0.654. The van der Waals surface area contributed by atoms with Crippen molar-refractivity contribution >= 4 is 0 Å². The molecular weight excluding hydrogens is 173 g/mol. The molecule has 68 valence electrons. The second-order valence-corrected chi connectivity index (χ2v) is 2.19. The molecule has 1 aromatic rings. The van der Waals surface area contributed by atoms with Crippen molar-refractivity contribution in [3.8, 4) is 5.88 Å². The molecule has 0 fully saturated rings. The van der Waals surface area contributed by atoms with Crippen LogP contribution in [-0.2, 0) is 13.2 Å². The molecule has 0 N–H and O–H groups in total. The number of rotatable bonds is 1. The van der Waals surface area contributed by atoms with Crippen LogP contribution in [0.15, 0.2) is 6.20 Å². The summed E-state index contributed by atoms with van der Waals surface area (Å²) in [7, 11) is 2.56. The highest BCUT2D eigenvalue weighted by Gasteiger charge is 2.36. The number of hydrogen-bond donors (Lipinski definition) is 0. The van der Waals surface area contributed by atoms with Crippen LogP contribution in [-0.4, -0.2) is 16.9 Å². The Labute approximate surface area is 66.7 Å². The molecule has 12 heavy (non-hydrogen) atoms. The first-order chi connectivity index (χ1) is 5.46. The second kappa shape index (κ2) is 2.69. The summed E-state index contributed by atoms with van der Waals surface area (Å²) in [6.45, 7) is 0. The van der Waals surface area contributed by atoms with Gasteiger partial charge in [0.1, 0.15) is 5.56 Å². The Kier molecular flexibility index (Phi) is 1.99. The van der Waals surface area contributed by atoms with Gasteiger partial charge in [-0.3, -0.25) is 0 Å². The average Bonchev–Trinajstić information content (AvgIpc) is 2.29. The van der Waals surface area contributed by atoms with E-state index in [1.54, 1.807) is 0 Å². The molecule has 3 nitrogen and oxygen atoms in total. The van der Waals surface area contributed by atoms with Gasteiger partial charge >= 0.3 is 6.18 Å². The van der Waals surface area contributed by atoms with E-state index in [1.165, 1.54) is 14.2 Å². The zero-order valence-corrected chi connectivity index (χ0v) is 6.51. The third kappa shape index (κ3) is 1.37. The molecule has 0 spiro atoms. The Morgan fingerprint density at radius 3 is 2.42 bits per heavy atom. The van der Waals surface area contributed by atoms with Crippen molar-refractivity contribution in [1.82, 2.24) is 9.78 Å².